The van der Waals surface area contributed by atoms with Gasteiger partial charge in [-0.05, 0) is 42.2 Å². The van der Waals surface area contributed by atoms with Crippen molar-refractivity contribution in [3.05, 3.63) is 75.3 Å². The normalized spacial score (nSPS) is 24.2. The highest BCUT2D eigenvalue weighted by Crippen LogP contribution is 2.52. The Morgan fingerprint density at radius 1 is 1.17 bits per heavy atom. The standard InChI is InChI=1S/C19H15Cl2NO2/c20-12-8-15(21)17-13-2-1-3-14(13)18(22-16(17)9-12)10-4-6-11(7-5-10)19(23)24/h1-2,4-9,13-14,18,22H,3H2,(H,23,24)/t13-,14-,18+/m0/s1. The number of aromatic carboxylic acids is 1. The molecule has 5 heteroatoms. The van der Waals surface area contributed by atoms with E-state index < -0.39 is 5.97 Å². The summed E-state index contributed by atoms with van der Waals surface area (Å²) in [6.45, 7) is 0. The fraction of sp³-hybridized carbons (Fsp3) is 0.211. The van der Waals surface area contributed by atoms with Crippen molar-refractivity contribution in [2.24, 2.45) is 5.92 Å². The molecule has 2 N–H and O–H groups in total. The SMILES string of the molecule is O=C(O)c1ccc([C@H]2Nc3cc(Cl)cc(Cl)c3[C@H]3C=CC[C@@H]32)cc1. The molecule has 0 radical (unpaired) electrons. The lowest BCUT2D eigenvalue weighted by atomic mass is 9.77. The second-order valence-corrected chi connectivity index (χ2v) is 7.10. The highest BCUT2D eigenvalue weighted by atomic mass is 35.5. The third kappa shape index (κ3) is 2.48. The predicted octanol–water partition coefficient (Wildman–Crippen LogP) is 5.52. The molecule has 0 aromatic heterocycles. The maximum Gasteiger partial charge on any atom is 0.335 e. The number of halogens is 2. The van der Waals surface area contributed by atoms with Gasteiger partial charge >= 0.3 is 5.97 Å². The molecule has 0 amide bonds. The molecule has 0 saturated carbocycles. The van der Waals surface area contributed by atoms with Gasteiger partial charge in [0.05, 0.1) is 11.6 Å². The molecule has 24 heavy (non-hydrogen) atoms. The number of carbonyl (C=O) groups is 1. The summed E-state index contributed by atoms with van der Waals surface area (Å²) in [7, 11) is 0. The molecule has 0 fully saturated rings. The van der Waals surface area contributed by atoms with Gasteiger partial charge < -0.3 is 10.4 Å². The van der Waals surface area contributed by atoms with Crippen LogP contribution in [0.15, 0.2) is 48.6 Å². The Morgan fingerprint density at radius 2 is 1.92 bits per heavy atom. The summed E-state index contributed by atoms with van der Waals surface area (Å²) in [6.07, 6.45) is 5.36. The number of nitrogens with one attached hydrogen (secondary N) is 1. The largest absolute Gasteiger partial charge is 0.478 e. The summed E-state index contributed by atoms with van der Waals surface area (Å²) in [5.41, 5.74) is 3.41. The van der Waals surface area contributed by atoms with Crippen LogP contribution in [0.1, 0.15) is 39.9 Å². The molecule has 3 nitrogen and oxygen atoms in total. The Bertz CT molecular complexity index is 845. The monoisotopic (exact) mass is 359 g/mol. The fourth-order valence-corrected chi connectivity index (χ4v) is 4.43. The van der Waals surface area contributed by atoms with Gasteiger partial charge in [-0.15, -0.1) is 0 Å². The van der Waals surface area contributed by atoms with Crippen molar-refractivity contribution in [2.75, 3.05) is 5.32 Å². The number of hydrogen-bond acceptors (Lipinski definition) is 2. The van der Waals surface area contributed by atoms with E-state index in [1.807, 2.05) is 18.2 Å². The van der Waals surface area contributed by atoms with Crippen molar-refractivity contribution in [3.63, 3.8) is 0 Å². The molecule has 0 unspecified atom stereocenters. The van der Waals surface area contributed by atoms with Crippen LogP contribution in [0, 0.1) is 5.92 Å². The summed E-state index contributed by atoms with van der Waals surface area (Å²) in [6, 6.07) is 10.9. The number of fused-ring (bicyclic) bond motifs is 3. The average molecular weight is 360 g/mol. The van der Waals surface area contributed by atoms with E-state index in [-0.39, 0.29) is 12.0 Å². The van der Waals surface area contributed by atoms with E-state index in [1.165, 1.54) is 0 Å². The molecule has 2 aromatic rings. The smallest absolute Gasteiger partial charge is 0.335 e. The lowest BCUT2D eigenvalue weighted by Crippen LogP contribution is -2.29. The van der Waals surface area contributed by atoms with E-state index in [0.29, 0.717) is 21.5 Å². The second-order valence-electron chi connectivity index (χ2n) is 6.25. The number of carboxylic acid groups (broad SMARTS) is 1. The number of allylic oxidation sites excluding steroid dienone is 2. The van der Waals surface area contributed by atoms with Crippen LogP contribution in [0.4, 0.5) is 5.69 Å². The fourth-order valence-electron chi connectivity index (χ4n) is 3.81. The van der Waals surface area contributed by atoms with Crippen LogP contribution >= 0.6 is 23.2 Å². The highest BCUT2D eigenvalue weighted by molar-refractivity contribution is 6.35. The van der Waals surface area contributed by atoms with Gasteiger partial charge in [-0.2, -0.15) is 0 Å². The van der Waals surface area contributed by atoms with Crippen LogP contribution in [-0.4, -0.2) is 11.1 Å². The molecule has 0 bridgehead atoms. The third-order valence-corrected chi connectivity index (χ3v) is 5.43. The van der Waals surface area contributed by atoms with E-state index in [9.17, 15) is 4.79 Å². The van der Waals surface area contributed by atoms with Crippen molar-refractivity contribution >= 4 is 34.9 Å². The zero-order chi connectivity index (χ0) is 16.8. The maximum atomic E-state index is 11.1. The minimum atomic E-state index is -0.914. The van der Waals surface area contributed by atoms with Crippen LogP contribution in [0.25, 0.3) is 0 Å². The Hall–Kier alpha value is -1.97. The molecule has 0 spiro atoms. The predicted molar refractivity (Wildman–Crippen MR) is 96.2 cm³/mol. The van der Waals surface area contributed by atoms with E-state index in [1.54, 1.807) is 18.2 Å². The van der Waals surface area contributed by atoms with Crippen LogP contribution in [0.3, 0.4) is 0 Å². The maximum absolute atomic E-state index is 11.1. The van der Waals surface area contributed by atoms with Crippen molar-refractivity contribution in [3.8, 4) is 0 Å². The molecule has 2 aliphatic rings. The molecule has 0 saturated heterocycles. The van der Waals surface area contributed by atoms with Gasteiger partial charge in [0.25, 0.3) is 0 Å². The third-order valence-electron chi connectivity index (χ3n) is 4.90. The average Bonchev–Trinajstić information content (AvgIpc) is 3.02. The van der Waals surface area contributed by atoms with E-state index >= 15 is 0 Å². The Balaban J connectivity index is 1.76. The van der Waals surface area contributed by atoms with Crippen LogP contribution in [0.2, 0.25) is 10.0 Å². The zero-order valence-electron chi connectivity index (χ0n) is 12.7. The van der Waals surface area contributed by atoms with Gasteiger partial charge in [-0.3, -0.25) is 0 Å². The van der Waals surface area contributed by atoms with Gasteiger partial charge in [-0.25, -0.2) is 4.79 Å². The summed E-state index contributed by atoms with van der Waals surface area (Å²) in [5, 5.41) is 13.9. The second kappa shape index (κ2) is 5.83. The first-order valence-corrected chi connectivity index (χ1v) is 8.55. The summed E-state index contributed by atoms with van der Waals surface area (Å²) in [4.78, 5) is 11.1. The molecule has 3 atom stereocenters. The Morgan fingerprint density at radius 3 is 2.62 bits per heavy atom. The van der Waals surface area contributed by atoms with Crippen molar-refractivity contribution < 1.29 is 9.90 Å². The number of benzene rings is 2. The van der Waals surface area contributed by atoms with Gasteiger partial charge in [0, 0.05) is 27.2 Å². The molecule has 2 aromatic carbocycles. The zero-order valence-corrected chi connectivity index (χ0v) is 14.2. The van der Waals surface area contributed by atoms with Crippen molar-refractivity contribution in [1.82, 2.24) is 0 Å². The lowest BCUT2D eigenvalue weighted by Gasteiger charge is -2.38. The minimum Gasteiger partial charge on any atom is -0.478 e. The molecule has 122 valence electrons. The van der Waals surface area contributed by atoms with E-state index in [0.717, 1.165) is 23.2 Å². The van der Waals surface area contributed by atoms with Crippen LogP contribution in [-0.2, 0) is 0 Å². The van der Waals surface area contributed by atoms with Crippen molar-refractivity contribution in [2.45, 2.75) is 18.4 Å². The molecule has 1 aliphatic carbocycles. The minimum absolute atomic E-state index is 0.0925. The molecule has 1 heterocycles. The molecular weight excluding hydrogens is 345 g/mol. The molecule has 1 aliphatic heterocycles. The number of anilines is 1. The number of carboxylic acids is 1. The number of rotatable bonds is 2. The van der Waals surface area contributed by atoms with Gasteiger partial charge in [0.15, 0.2) is 0 Å². The first-order chi connectivity index (χ1) is 11.5. The van der Waals surface area contributed by atoms with Crippen molar-refractivity contribution in [1.29, 1.82) is 0 Å². The lowest BCUT2D eigenvalue weighted by molar-refractivity contribution is 0.0697. The molecule has 4 rings (SSSR count). The van der Waals surface area contributed by atoms with E-state index in [2.05, 4.69) is 17.5 Å². The summed E-state index contributed by atoms with van der Waals surface area (Å²) >= 11 is 12.6. The first kappa shape index (κ1) is 15.6. The topological polar surface area (TPSA) is 49.3 Å². The highest BCUT2D eigenvalue weighted by Gasteiger charge is 2.39. The van der Waals surface area contributed by atoms with E-state index in [4.69, 9.17) is 28.3 Å². The first-order valence-electron chi connectivity index (χ1n) is 7.80. The quantitative estimate of drug-likeness (QED) is 0.694. The number of hydrogen-bond donors (Lipinski definition) is 2. The van der Waals surface area contributed by atoms with Gasteiger partial charge in [0.2, 0.25) is 0 Å². The van der Waals surface area contributed by atoms with Gasteiger partial charge in [-0.1, -0.05) is 47.5 Å². The summed E-state index contributed by atoms with van der Waals surface area (Å²) in [5.74, 6) is -0.315. The van der Waals surface area contributed by atoms with Crippen LogP contribution in [0.5, 0.6) is 0 Å². The Labute approximate surface area is 149 Å². The molecular formula is C19H15Cl2NO2. The van der Waals surface area contributed by atoms with Crippen LogP contribution < -0.4 is 5.32 Å². The van der Waals surface area contributed by atoms with Gasteiger partial charge in [0.1, 0.15) is 0 Å². The summed E-state index contributed by atoms with van der Waals surface area (Å²) < 4.78 is 0. The Kier molecular flexibility index (Phi) is 3.78.